The zero-order chi connectivity index (χ0) is 16.2. The molecule has 3 aromatic rings. The Kier molecular flexibility index (Phi) is 4.85. The molecule has 0 fully saturated rings. The lowest BCUT2D eigenvalue weighted by atomic mass is 10.1. The molecule has 0 amide bonds. The van der Waals surface area contributed by atoms with Crippen LogP contribution in [0.1, 0.15) is 0 Å². The number of nitrogens with one attached hydrogen (secondary N) is 1. The largest absolute Gasteiger partial charge is 0.394 e. The molecule has 0 unspecified atom stereocenters. The molecule has 1 atom stereocenters. The van der Waals surface area contributed by atoms with Crippen LogP contribution in [0.25, 0.3) is 21.3 Å². The Labute approximate surface area is 139 Å². The van der Waals surface area contributed by atoms with E-state index in [0.29, 0.717) is 0 Å². The summed E-state index contributed by atoms with van der Waals surface area (Å²) in [7, 11) is 3.97. The van der Waals surface area contributed by atoms with Gasteiger partial charge in [-0.05, 0) is 19.7 Å². The number of aliphatic hydroxyl groups is 1. The first kappa shape index (κ1) is 15.9. The van der Waals surface area contributed by atoms with E-state index in [-0.39, 0.29) is 12.6 Å². The highest BCUT2D eigenvalue weighted by molar-refractivity contribution is 7.17. The zero-order valence-electron chi connectivity index (χ0n) is 13.2. The molecule has 3 rings (SSSR count). The highest BCUT2D eigenvalue weighted by atomic mass is 32.1. The van der Waals surface area contributed by atoms with E-state index in [1.807, 2.05) is 37.2 Å². The summed E-state index contributed by atoms with van der Waals surface area (Å²) < 4.78 is 0. The van der Waals surface area contributed by atoms with Crippen LogP contribution >= 0.6 is 11.3 Å². The maximum absolute atomic E-state index is 9.62. The van der Waals surface area contributed by atoms with Gasteiger partial charge in [0.25, 0.3) is 0 Å². The molecule has 5 nitrogen and oxygen atoms in total. The smallest absolute Gasteiger partial charge is 0.139 e. The van der Waals surface area contributed by atoms with Crippen LogP contribution in [0.3, 0.4) is 0 Å². The average molecular weight is 328 g/mol. The summed E-state index contributed by atoms with van der Waals surface area (Å²) in [6, 6.07) is 10.2. The highest BCUT2D eigenvalue weighted by Crippen LogP contribution is 2.36. The SMILES string of the molecule is CN(C)C[C@H](CO)Nc1ncnc2scc(-c3ccccc3)c12. The minimum Gasteiger partial charge on any atom is -0.394 e. The molecule has 2 heterocycles. The third kappa shape index (κ3) is 3.50. The number of anilines is 1. The van der Waals surface area contributed by atoms with E-state index in [1.54, 1.807) is 17.7 Å². The maximum atomic E-state index is 9.62. The van der Waals surface area contributed by atoms with Crippen molar-refractivity contribution >= 4 is 27.4 Å². The van der Waals surface area contributed by atoms with Crippen molar-refractivity contribution in [1.29, 1.82) is 0 Å². The maximum Gasteiger partial charge on any atom is 0.139 e. The monoisotopic (exact) mass is 328 g/mol. The third-order valence-corrected chi connectivity index (χ3v) is 4.49. The van der Waals surface area contributed by atoms with Gasteiger partial charge in [0.1, 0.15) is 17.0 Å². The van der Waals surface area contributed by atoms with Gasteiger partial charge in [0, 0.05) is 17.5 Å². The summed E-state index contributed by atoms with van der Waals surface area (Å²) in [5, 5.41) is 16.1. The van der Waals surface area contributed by atoms with Crippen LogP contribution in [-0.2, 0) is 0 Å². The summed E-state index contributed by atoms with van der Waals surface area (Å²) in [5.74, 6) is 0.774. The first-order valence-electron chi connectivity index (χ1n) is 7.48. The second-order valence-corrected chi connectivity index (χ2v) is 6.56. The lowest BCUT2D eigenvalue weighted by Crippen LogP contribution is -2.35. The molecule has 0 bridgehead atoms. The van der Waals surface area contributed by atoms with Gasteiger partial charge in [-0.15, -0.1) is 11.3 Å². The van der Waals surface area contributed by atoms with Crippen LogP contribution in [0.15, 0.2) is 42.0 Å². The van der Waals surface area contributed by atoms with Gasteiger partial charge in [0.15, 0.2) is 0 Å². The molecule has 6 heteroatoms. The number of benzene rings is 1. The standard InChI is InChI=1S/C17H20N4OS/c1-21(2)8-13(9-22)20-16-15-14(12-6-4-3-5-7-12)10-23-17(15)19-11-18-16/h3-7,10-11,13,22H,8-9H2,1-2H3,(H,18,19,20)/t13-/m1/s1. The van der Waals surface area contributed by atoms with Crippen molar-refractivity contribution < 1.29 is 5.11 Å². The Bertz CT molecular complexity index is 773. The molecule has 120 valence electrons. The molecule has 23 heavy (non-hydrogen) atoms. The lowest BCUT2D eigenvalue weighted by Gasteiger charge is -2.21. The number of rotatable bonds is 6. The number of fused-ring (bicyclic) bond motifs is 1. The molecule has 0 aliphatic heterocycles. The van der Waals surface area contributed by atoms with Crippen molar-refractivity contribution in [2.45, 2.75) is 6.04 Å². The second-order valence-electron chi connectivity index (χ2n) is 5.70. The van der Waals surface area contributed by atoms with Gasteiger partial charge in [-0.1, -0.05) is 30.3 Å². The van der Waals surface area contributed by atoms with Crippen LogP contribution in [0.2, 0.25) is 0 Å². The van der Waals surface area contributed by atoms with E-state index in [2.05, 4.69) is 32.8 Å². The predicted molar refractivity (Wildman–Crippen MR) is 95.9 cm³/mol. The first-order valence-corrected chi connectivity index (χ1v) is 8.36. The number of likely N-dealkylation sites (N-methyl/N-ethyl adjacent to an activating group) is 1. The summed E-state index contributed by atoms with van der Waals surface area (Å²) in [4.78, 5) is 11.8. The number of aromatic nitrogens is 2. The summed E-state index contributed by atoms with van der Waals surface area (Å²) >= 11 is 1.61. The average Bonchev–Trinajstić information content (AvgIpc) is 2.99. The quantitative estimate of drug-likeness (QED) is 0.728. The van der Waals surface area contributed by atoms with Crippen LogP contribution < -0.4 is 5.32 Å². The number of nitrogens with zero attached hydrogens (tertiary/aromatic N) is 3. The first-order chi connectivity index (χ1) is 11.2. The van der Waals surface area contributed by atoms with Crippen molar-refractivity contribution in [3.8, 4) is 11.1 Å². The van der Waals surface area contributed by atoms with E-state index in [0.717, 1.165) is 33.7 Å². The minimum atomic E-state index is -0.0772. The van der Waals surface area contributed by atoms with Crippen molar-refractivity contribution in [3.05, 3.63) is 42.0 Å². The molecule has 0 saturated carbocycles. The van der Waals surface area contributed by atoms with Gasteiger partial charge >= 0.3 is 0 Å². The number of hydrogen-bond donors (Lipinski definition) is 2. The molecular formula is C17H20N4OS. The molecule has 0 saturated heterocycles. The normalized spacial score (nSPS) is 12.7. The number of aliphatic hydroxyl groups excluding tert-OH is 1. The Balaban J connectivity index is 2.02. The second kappa shape index (κ2) is 7.04. The van der Waals surface area contributed by atoms with Crippen LogP contribution in [0, 0.1) is 0 Å². The Morgan fingerprint density at radius 3 is 2.70 bits per heavy atom. The van der Waals surface area contributed by atoms with Crippen molar-refractivity contribution in [3.63, 3.8) is 0 Å². The van der Waals surface area contributed by atoms with Crippen LogP contribution in [0.5, 0.6) is 0 Å². The molecular weight excluding hydrogens is 308 g/mol. The summed E-state index contributed by atoms with van der Waals surface area (Å²) in [6.45, 7) is 0.779. The fraction of sp³-hybridized carbons (Fsp3) is 0.294. The fourth-order valence-corrected chi connectivity index (χ4v) is 3.51. The van der Waals surface area contributed by atoms with Gasteiger partial charge in [0.2, 0.25) is 0 Å². The fourth-order valence-electron chi connectivity index (χ4n) is 2.60. The van der Waals surface area contributed by atoms with E-state index >= 15 is 0 Å². The van der Waals surface area contributed by atoms with Crippen molar-refractivity contribution in [2.24, 2.45) is 0 Å². The Morgan fingerprint density at radius 2 is 2.00 bits per heavy atom. The molecule has 0 radical (unpaired) electrons. The van der Waals surface area contributed by atoms with Gasteiger partial charge in [-0.3, -0.25) is 0 Å². The number of thiophene rings is 1. The molecule has 0 spiro atoms. The van der Waals surface area contributed by atoms with Crippen molar-refractivity contribution in [2.75, 3.05) is 32.6 Å². The molecule has 1 aromatic carbocycles. The van der Waals surface area contributed by atoms with Gasteiger partial charge in [-0.25, -0.2) is 9.97 Å². The van der Waals surface area contributed by atoms with E-state index in [9.17, 15) is 5.11 Å². The minimum absolute atomic E-state index is 0.0501. The number of hydrogen-bond acceptors (Lipinski definition) is 6. The molecule has 0 aliphatic rings. The van der Waals surface area contributed by atoms with Gasteiger partial charge in [0.05, 0.1) is 18.0 Å². The Morgan fingerprint density at radius 1 is 1.22 bits per heavy atom. The third-order valence-electron chi connectivity index (χ3n) is 3.60. The Hall–Kier alpha value is -2.02. The zero-order valence-corrected chi connectivity index (χ0v) is 14.0. The van der Waals surface area contributed by atoms with E-state index < -0.39 is 0 Å². The highest BCUT2D eigenvalue weighted by Gasteiger charge is 2.16. The van der Waals surface area contributed by atoms with Crippen LogP contribution in [-0.4, -0.2) is 53.3 Å². The molecule has 2 N–H and O–H groups in total. The summed E-state index contributed by atoms with van der Waals surface area (Å²) in [6.07, 6.45) is 1.57. The van der Waals surface area contributed by atoms with Crippen LogP contribution in [0.4, 0.5) is 5.82 Å². The van der Waals surface area contributed by atoms with Gasteiger partial charge in [-0.2, -0.15) is 0 Å². The van der Waals surface area contributed by atoms with E-state index in [4.69, 9.17) is 0 Å². The predicted octanol–water partition coefficient (Wildman–Crippen LogP) is 2.69. The van der Waals surface area contributed by atoms with E-state index in [1.165, 1.54) is 0 Å². The van der Waals surface area contributed by atoms with Gasteiger partial charge < -0.3 is 15.3 Å². The molecule has 0 aliphatic carbocycles. The molecule has 2 aromatic heterocycles. The topological polar surface area (TPSA) is 61.3 Å². The summed E-state index contributed by atoms with van der Waals surface area (Å²) in [5.41, 5.74) is 2.26. The lowest BCUT2D eigenvalue weighted by molar-refractivity contribution is 0.245. The van der Waals surface area contributed by atoms with Crippen molar-refractivity contribution in [1.82, 2.24) is 14.9 Å².